The molecule has 1 fully saturated rings. The topological polar surface area (TPSA) is 73.0 Å². The molecule has 0 aromatic carbocycles. The van der Waals surface area contributed by atoms with Gasteiger partial charge in [0, 0.05) is 44.5 Å². The lowest BCUT2D eigenvalue weighted by Crippen LogP contribution is -2.43. The maximum absolute atomic E-state index is 12.7. The standard InChI is InChI=1S/C20H23N5O2S/c1-15-21-9-12-23(15)11-8-19(26)24-10-2-4-16(14-24)25-20(27)7-6-17(22-25)18-5-3-13-28-18/h3,5-7,9,12-13,16H,2,4,8,10-11,14H2,1H3/t16-/m0/s1. The number of aromatic nitrogens is 4. The fourth-order valence-corrected chi connectivity index (χ4v) is 4.33. The van der Waals surface area contributed by atoms with Crippen molar-refractivity contribution in [3.63, 3.8) is 0 Å². The average Bonchev–Trinajstić information content (AvgIpc) is 3.38. The van der Waals surface area contributed by atoms with Gasteiger partial charge in [-0.2, -0.15) is 5.10 Å². The first kappa shape index (κ1) is 18.6. The van der Waals surface area contributed by atoms with Gasteiger partial charge in [-0.25, -0.2) is 9.67 Å². The zero-order valence-corrected chi connectivity index (χ0v) is 16.6. The second-order valence-corrected chi connectivity index (χ2v) is 7.98. The third kappa shape index (κ3) is 3.91. The molecule has 1 saturated heterocycles. The van der Waals surface area contributed by atoms with Crippen LogP contribution in [-0.4, -0.2) is 43.2 Å². The molecular weight excluding hydrogens is 374 g/mol. The second-order valence-electron chi connectivity index (χ2n) is 7.03. The van der Waals surface area contributed by atoms with Crippen molar-refractivity contribution < 1.29 is 4.79 Å². The summed E-state index contributed by atoms with van der Waals surface area (Å²) in [4.78, 5) is 32.2. The summed E-state index contributed by atoms with van der Waals surface area (Å²) in [6, 6.07) is 7.23. The molecule has 0 spiro atoms. The van der Waals surface area contributed by atoms with Gasteiger partial charge in [0.1, 0.15) is 11.5 Å². The minimum atomic E-state index is -0.117. The van der Waals surface area contributed by atoms with Gasteiger partial charge in [-0.1, -0.05) is 6.07 Å². The Morgan fingerprint density at radius 1 is 1.32 bits per heavy atom. The first-order valence-electron chi connectivity index (χ1n) is 9.51. The molecule has 3 aromatic rings. The first-order chi connectivity index (χ1) is 13.6. The fraction of sp³-hybridized carbons (Fsp3) is 0.400. The number of amides is 1. The van der Waals surface area contributed by atoms with Gasteiger partial charge in [0.2, 0.25) is 5.91 Å². The van der Waals surface area contributed by atoms with E-state index in [1.54, 1.807) is 34.3 Å². The number of imidazole rings is 1. The number of aryl methyl sites for hydroxylation is 2. The average molecular weight is 398 g/mol. The van der Waals surface area contributed by atoms with Crippen LogP contribution < -0.4 is 5.56 Å². The van der Waals surface area contributed by atoms with Crippen LogP contribution in [0.15, 0.2) is 46.8 Å². The Kier molecular flexibility index (Phi) is 5.38. The summed E-state index contributed by atoms with van der Waals surface area (Å²) in [6.45, 7) is 3.82. The van der Waals surface area contributed by atoms with Crippen molar-refractivity contribution in [2.45, 2.75) is 38.8 Å². The number of hydrogen-bond acceptors (Lipinski definition) is 5. The van der Waals surface area contributed by atoms with E-state index >= 15 is 0 Å². The van der Waals surface area contributed by atoms with Crippen molar-refractivity contribution >= 4 is 17.2 Å². The molecule has 0 aliphatic carbocycles. The van der Waals surface area contributed by atoms with E-state index in [0.29, 0.717) is 19.5 Å². The maximum Gasteiger partial charge on any atom is 0.267 e. The third-order valence-electron chi connectivity index (χ3n) is 5.18. The number of carbonyl (C=O) groups excluding carboxylic acids is 1. The van der Waals surface area contributed by atoms with Crippen LogP contribution in [0.3, 0.4) is 0 Å². The van der Waals surface area contributed by atoms with Gasteiger partial charge in [-0.15, -0.1) is 11.3 Å². The summed E-state index contributed by atoms with van der Waals surface area (Å²) < 4.78 is 3.55. The zero-order chi connectivity index (χ0) is 19.5. The Labute approximate surface area is 167 Å². The first-order valence-corrected chi connectivity index (χ1v) is 10.4. The van der Waals surface area contributed by atoms with E-state index in [9.17, 15) is 9.59 Å². The highest BCUT2D eigenvalue weighted by atomic mass is 32.1. The lowest BCUT2D eigenvalue weighted by molar-refractivity contribution is -0.133. The third-order valence-corrected chi connectivity index (χ3v) is 6.08. The lowest BCUT2D eigenvalue weighted by Gasteiger charge is -2.33. The molecule has 4 heterocycles. The van der Waals surface area contributed by atoms with Crippen LogP contribution in [0.4, 0.5) is 0 Å². The van der Waals surface area contributed by atoms with Crippen LogP contribution in [0.25, 0.3) is 10.6 Å². The summed E-state index contributed by atoms with van der Waals surface area (Å²) in [5.41, 5.74) is 0.683. The van der Waals surface area contributed by atoms with Crippen molar-refractivity contribution in [3.05, 3.63) is 58.2 Å². The number of piperidine rings is 1. The van der Waals surface area contributed by atoms with E-state index in [2.05, 4.69) is 10.1 Å². The Hall–Kier alpha value is -2.74. The number of hydrogen-bond donors (Lipinski definition) is 0. The summed E-state index contributed by atoms with van der Waals surface area (Å²) in [5, 5.41) is 6.59. The van der Waals surface area contributed by atoms with Gasteiger partial charge >= 0.3 is 0 Å². The number of likely N-dealkylation sites (tertiary alicyclic amines) is 1. The van der Waals surface area contributed by atoms with Gasteiger partial charge in [0.25, 0.3) is 5.56 Å². The molecule has 1 atom stereocenters. The molecule has 0 saturated carbocycles. The van der Waals surface area contributed by atoms with E-state index < -0.39 is 0 Å². The molecule has 1 amide bonds. The molecule has 28 heavy (non-hydrogen) atoms. The predicted octanol–water partition coefficient (Wildman–Crippen LogP) is 2.73. The van der Waals surface area contributed by atoms with E-state index in [-0.39, 0.29) is 17.5 Å². The van der Waals surface area contributed by atoms with Gasteiger partial charge < -0.3 is 9.47 Å². The molecule has 146 valence electrons. The van der Waals surface area contributed by atoms with Crippen molar-refractivity contribution in [2.24, 2.45) is 0 Å². The Bertz CT molecular complexity index is 1010. The molecule has 0 radical (unpaired) electrons. The normalized spacial score (nSPS) is 17.0. The van der Waals surface area contributed by atoms with Crippen LogP contribution in [-0.2, 0) is 11.3 Å². The molecule has 4 rings (SSSR count). The molecule has 0 N–H and O–H groups in total. The van der Waals surface area contributed by atoms with Crippen LogP contribution in [0.1, 0.15) is 31.1 Å². The van der Waals surface area contributed by atoms with Crippen LogP contribution >= 0.6 is 11.3 Å². The van der Waals surface area contributed by atoms with E-state index in [1.807, 2.05) is 40.1 Å². The fourth-order valence-electron chi connectivity index (χ4n) is 3.64. The highest BCUT2D eigenvalue weighted by Gasteiger charge is 2.26. The molecule has 1 aliphatic heterocycles. The molecular formula is C20H23N5O2S. The highest BCUT2D eigenvalue weighted by molar-refractivity contribution is 7.13. The Morgan fingerprint density at radius 2 is 2.21 bits per heavy atom. The van der Waals surface area contributed by atoms with E-state index in [0.717, 1.165) is 35.8 Å². The highest BCUT2D eigenvalue weighted by Crippen LogP contribution is 2.24. The molecule has 1 aliphatic rings. The molecule has 7 nitrogen and oxygen atoms in total. The largest absolute Gasteiger partial charge is 0.340 e. The van der Waals surface area contributed by atoms with Gasteiger partial charge in [0.05, 0.1) is 10.9 Å². The summed E-state index contributed by atoms with van der Waals surface area (Å²) >= 11 is 1.60. The van der Waals surface area contributed by atoms with Crippen LogP contribution in [0.2, 0.25) is 0 Å². The number of rotatable bonds is 5. The van der Waals surface area contributed by atoms with E-state index in [4.69, 9.17) is 0 Å². The second kappa shape index (κ2) is 8.10. The summed E-state index contributed by atoms with van der Waals surface area (Å²) in [7, 11) is 0. The Balaban J connectivity index is 1.46. The minimum absolute atomic E-state index is 0.0832. The van der Waals surface area contributed by atoms with Gasteiger partial charge in [-0.05, 0) is 37.3 Å². The number of thiophene rings is 1. The van der Waals surface area contributed by atoms with Gasteiger partial charge in [-0.3, -0.25) is 9.59 Å². The van der Waals surface area contributed by atoms with Crippen molar-refractivity contribution in [1.82, 2.24) is 24.2 Å². The number of carbonyl (C=O) groups is 1. The van der Waals surface area contributed by atoms with E-state index in [1.165, 1.54) is 0 Å². The Morgan fingerprint density at radius 3 is 2.96 bits per heavy atom. The molecule has 0 bridgehead atoms. The molecule has 8 heteroatoms. The van der Waals surface area contributed by atoms with Gasteiger partial charge in [0.15, 0.2) is 0 Å². The minimum Gasteiger partial charge on any atom is -0.340 e. The van der Waals surface area contributed by atoms with Crippen molar-refractivity contribution in [2.75, 3.05) is 13.1 Å². The van der Waals surface area contributed by atoms with Crippen LogP contribution in [0, 0.1) is 6.92 Å². The monoisotopic (exact) mass is 397 g/mol. The van der Waals surface area contributed by atoms with Crippen LogP contribution in [0.5, 0.6) is 0 Å². The summed E-state index contributed by atoms with van der Waals surface area (Å²) in [5.74, 6) is 1.02. The zero-order valence-electron chi connectivity index (χ0n) is 15.8. The molecule has 3 aromatic heterocycles. The SMILES string of the molecule is Cc1nccn1CCC(=O)N1CCC[C@H](n2nc(-c3cccs3)ccc2=O)C1. The van der Waals surface area contributed by atoms with Crippen molar-refractivity contribution in [3.8, 4) is 10.6 Å². The smallest absolute Gasteiger partial charge is 0.267 e. The predicted molar refractivity (Wildman–Crippen MR) is 108 cm³/mol. The molecule has 0 unspecified atom stereocenters. The lowest BCUT2D eigenvalue weighted by atomic mass is 10.1. The maximum atomic E-state index is 12.7. The quantitative estimate of drug-likeness (QED) is 0.664. The van der Waals surface area contributed by atoms with Crippen molar-refractivity contribution in [1.29, 1.82) is 0 Å². The number of nitrogens with zero attached hydrogens (tertiary/aromatic N) is 5. The summed E-state index contributed by atoms with van der Waals surface area (Å²) in [6.07, 6.45) is 5.79.